The van der Waals surface area contributed by atoms with E-state index in [1.165, 1.54) is 5.56 Å². The first-order chi connectivity index (χ1) is 13.5. The first kappa shape index (κ1) is 20.7. The fourth-order valence-corrected chi connectivity index (χ4v) is 4.00. The number of rotatable bonds is 6. The Kier molecular flexibility index (Phi) is 7.35. The van der Waals surface area contributed by atoms with Crippen LogP contribution < -0.4 is 0 Å². The maximum Gasteiger partial charge on any atom is 0.310 e. The Morgan fingerprint density at radius 3 is 2.25 bits per heavy atom. The lowest BCUT2D eigenvalue weighted by Crippen LogP contribution is -2.41. The average molecular weight is 420 g/mol. The monoisotopic (exact) mass is 419 g/mol. The van der Waals surface area contributed by atoms with Crippen LogP contribution >= 0.6 is 23.2 Å². The molecule has 6 heteroatoms. The second-order valence-electron chi connectivity index (χ2n) is 7.05. The van der Waals surface area contributed by atoms with E-state index in [-0.39, 0.29) is 18.9 Å². The molecule has 0 spiro atoms. The third-order valence-electron chi connectivity index (χ3n) is 5.07. The van der Waals surface area contributed by atoms with Crippen molar-refractivity contribution in [1.29, 1.82) is 0 Å². The zero-order valence-corrected chi connectivity index (χ0v) is 17.1. The van der Waals surface area contributed by atoms with Crippen molar-refractivity contribution in [1.82, 2.24) is 4.90 Å². The highest BCUT2D eigenvalue weighted by Crippen LogP contribution is 2.25. The smallest absolute Gasteiger partial charge is 0.310 e. The maximum atomic E-state index is 12.4. The van der Waals surface area contributed by atoms with Crippen molar-refractivity contribution in [3.63, 3.8) is 0 Å². The number of amides is 1. The molecule has 4 nitrogen and oxygen atoms in total. The molecule has 1 aliphatic rings. The molecular weight excluding hydrogens is 397 g/mol. The first-order valence-corrected chi connectivity index (χ1v) is 10.2. The lowest BCUT2D eigenvalue weighted by atomic mass is 9.90. The summed E-state index contributed by atoms with van der Waals surface area (Å²) in [6, 6.07) is 15.5. The Morgan fingerprint density at radius 2 is 1.61 bits per heavy atom. The molecule has 0 aromatic heterocycles. The summed E-state index contributed by atoms with van der Waals surface area (Å²) in [5, 5.41) is 0.826. The van der Waals surface area contributed by atoms with Crippen LogP contribution in [0, 0.1) is 5.92 Å². The van der Waals surface area contributed by atoms with E-state index in [0.717, 1.165) is 19.3 Å². The molecule has 1 saturated heterocycles. The predicted octanol–water partition coefficient (Wildman–Crippen LogP) is 4.56. The van der Waals surface area contributed by atoms with Crippen LogP contribution in [-0.2, 0) is 27.2 Å². The van der Waals surface area contributed by atoms with E-state index >= 15 is 0 Å². The fraction of sp³-hybridized carbons (Fsp3) is 0.364. The number of esters is 1. The Morgan fingerprint density at radius 1 is 0.964 bits per heavy atom. The lowest BCUT2D eigenvalue weighted by Gasteiger charge is -2.32. The van der Waals surface area contributed by atoms with E-state index in [4.69, 9.17) is 27.9 Å². The molecule has 0 atom stereocenters. The van der Waals surface area contributed by atoms with E-state index in [2.05, 4.69) is 24.3 Å². The highest BCUT2D eigenvalue weighted by Gasteiger charge is 2.24. The Hall–Kier alpha value is -2.04. The van der Waals surface area contributed by atoms with Crippen molar-refractivity contribution in [2.45, 2.75) is 25.7 Å². The summed E-state index contributed by atoms with van der Waals surface area (Å²) in [6.45, 7) is 1.15. The van der Waals surface area contributed by atoms with Gasteiger partial charge in [-0.1, -0.05) is 59.6 Å². The van der Waals surface area contributed by atoms with Gasteiger partial charge in [-0.15, -0.1) is 0 Å². The van der Waals surface area contributed by atoms with Gasteiger partial charge in [-0.2, -0.15) is 0 Å². The molecule has 0 N–H and O–H groups in total. The number of ether oxygens (including phenoxy) is 1. The van der Waals surface area contributed by atoms with Gasteiger partial charge in [0.2, 0.25) is 0 Å². The van der Waals surface area contributed by atoms with Crippen molar-refractivity contribution < 1.29 is 14.3 Å². The molecule has 0 aliphatic carbocycles. The van der Waals surface area contributed by atoms with Gasteiger partial charge in [-0.05, 0) is 42.9 Å². The molecule has 1 amide bonds. The standard InChI is InChI=1S/C22H23Cl2NO3/c23-19-7-4-8-20(24)18(19)14-22(27)28-15-21(26)25-11-9-17(10-12-25)13-16-5-2-1-3-6-16/h1-8,17H,9-15H2. The molecule has 3 rings (SSSR count). The number of hydrogen-bond acceptors (Lipinski definition) is 3. The quantitative estimate of drug-likeness (QED) is 0.644. The van der Waals surface area contributed by atoms with Gasteiger partial charge in [0.05, 0.1) is 6.42 Å². The van der Waals surface area contributed by atoms with Crippen molar-refractivity contribution >= 4 is 35.1 Å². The molecule has 148 valence electrons. The second-order valence-corrected chi connectivity index (χ2v) is 7.87. The topological polar surface area (TPSA) is 46.6 Å². The van der Waals surface area contributed by atoms with Crippen LogP contribution in [0.2, 0.25) is 10.0 Å². The molecule has 0 bridgehead atoms. The number of benzene rings is 2. The average Bonchev–Trinajstić information content (AvgIpc) is 2.70. The van der Waals surface area contributed by atoms with Crippen molar-refractivity contribution in [3.8, 4) is 0 Å². The first-order valence-electron chi connectivity index (χ1n) is 9.43. The summed E-state index contributed by atoms with van der Waals surface area (Å²) in [7, 11) is 0. The largest absolute Gasteiger partial charge is 0.455 e. The third kappa shape index (κ3) is 5.73. The molecule has 0 unspecified atom stereocenters. The van der Waals surface area contributed by atoms with Gasteiger partial charge in [0.25, 0.3) is 5.91 Å². The van der Waals surface area contributed by atoms with E-state index < -0.39 is 5.97 Å². The van der Waals surface area contributed by atoms with Crippen LogP contribution in [-0.4, -0.2) is 36.5 Å². The molecule has 1 fully saturated rings. The Bertz CT molecular complexity index is 798. The summed E-state index contributed by atoms with van der Waals surface area (Å²) in [6.07, 6.45) is 2.91. The Balaban J connectivity index is 1.41. The highest BCUT2D eigenvalue weighted by atomic mass is 35.5. The number of likely N-dealkylation sites (tertiary alicyclic amines) is 1. The van der Waals surface area contributed by atoms with Gasteiger partial charge < -0.3 is 9.64 Å². The third-order valence-corrected chi connectivity index (χ3v) is 5.78. The van der Waals surface area contributed by atoms with Crippen LogP contribution in [0.3, 0.4) is 0 Å². The summed E-state index contributed by atoms with van der Waals surface area (Å²) in [4.78, 5) is 26.2. The summed E-state index contributed by atoms with van der Waals surface area (Å²) in [5.41, 5.74) is 1.85. The second kappa shape index (κ2) is 9.94. The van der Waals surface area contributed by atoms with Crippen LogP contribution in [0.15, 0.2) is 48.5 Å². The zero-order valence-electron chi connectivity index (χ0n) is 15.6. The molecule has 0 saturated carbocycles. The summed E-state index contributed by atoms with van der Waals surface area (Å²) >= 11 is 12.1. The number of carbonyl (C=O) groups excluding carboxylic acids is 2. The molecule has 2 aromatic rings. The van der Waals surface area contributed by atoms with Crippen molar-refractivity contribution in [2.75, 3.05) is 19.7 Å². The number of carbonyl (C=O) groups is 2. The molecule has 0 radical (unpaired) electrons. The van der Waals surface area contributed by atoms with Crippen molar-refractivity contribution in [3.05, 3.63) is 69.7 Å². The lowest BCUT2D eigenvalue weighted by molar-refractivity contribution is -0.152. The molecular formula is C22H23Cl2NO3. The predicted molar refractivity (Wildman–Crippen MR) is 111 cm³/mol. The SMILES string of the molecule is O=C(Cc1c(Cl)cccc1Cl)OCC(=O)N1CCC(Cc2ccccc2)CC1. The molecule has 1 aliphatic heterocycles. The van der Waals surface area contributed by atoms with E-state index in [1.807, 2.05) is 6.07 Å². The molecule has 28 heavy (non-hydrogen) atoms. The van der Waals surface area contributed by atoms with E-state index in [1.54, 1.807) is 23.1 Å². The summed E-state index contributed by atoms with van der Waals surface area (Å²) < 4.78 is 5.15. The van der Waals surface area contributed by atoms with E-state index in [9.17, 15) is 9.59 Å². The zero-order chi connectivity index (χ0) is 19.9. The number of piperidine rings is 1. The van der Waals surface area contributed by atoms with Gasteiger partial charge in [0.1, 0.15) is 0 Å². The van der Waals surface area contributed by atoms with Gasteiger partial charge in [0, 0.05) is 28.7 Å². The van der Waals surface area contributed by atoms with Crippen LogP contribution in [0.25, 0.3) is 0 Å². The molecule has 1 heterocycles. The highest BCUT2D eigenvalue weighted by molar-refractivity contribution is 6.36. The van der Waals surface area contributed by atoms with Crippen LogP contribution in [0.1, 0.15) is 24.0 Å². The number of nitrogens with zero attached hydrogens (tertiary/aromatic N) is 1. The number of halogens is 2. The van der Waals surface area contributed by atoms with Gasteiger partial charge in [0.15, 0.2) is 6.61 Å². The van der Waals surface area contributed by atoms with Gasteiger partial charge >= 0.3 is 5.97 Å². The van der Waals surface area contributed by atoms with Crippen molar-refractivity contribution in [2.24, 2.45) is 5.92 Å². The maximum absolute atomic E-state index is 12.4. The minimum Gasteiger partial charge on any atom is -0.455 e. The summed E-state index contributed by atoms with van der Waals surface area (Å²) in [5.74, 6) is -0.0876. The van der Waals surface area contributed by atoms with Gasteiger partial charge in [-0.25, -0.2) is 0 Å². The van der Waals surface area contributed by atoms with Crippen LogP contribution in [0.4, 0.5) is 0 Å². The molecule has 2 aromatic carbocycles. The minimum atomic E-state index is -0.512. The Labute approximate surface area is 175 Å². The fourth-order valence-electron chi connectivity index (χ4n) is 3.46. The van der Waals surface area contributed by atoms with Gasteiger partial charge in [-0.3, -0.25) is 9.59 Å². The van der Waals surface area contributed by atoms with Crippen LogP contribution in [0.5, 0.6) is 0 Å². The minimum absolute atomic E-state index is 0.0507. The normalized spacial score (nSPS) is 14.7. The number of hydrogen-bond donors (Lipinski definition) is 0. The van der Waals surface area contributed by atoms with E-state index in [0.29, 0.717) is 34.6 Å².